The summed E-state index contributed by atoms with van der Waals surface area (Å²) in [6.45, 7) is 0. The molecule has 0 unspecified atom stereocenters. The fourth-order valence-corrected chi connectivity index (χ4v) is 1.92. The normalized spacial score (nSPS) is 10.1. The van der Waals surface area contributed by atoms with Crippen molar-refractivity contribution < 1.29 is 9.47 Å². The number of nitrogens with two attached hydrogens (primary N) is 1. The minimum Gasteiger partial charge on any atom is -0.497 e. The number of nitrogens with one attached hydrogen (secondary N) is 1. The molecule has 100 valence electrons. The van der Waals surface area contributed by atoms with Gasteiger partial charge in [0.05, 0.1) is 19.9 Å². The first-order valence-corrected chi connectivity index (χ1v) is 6.05. The largest absolute Gasteiger partial charge is 0.497 e. The van der Waals surface area contributed by atoms with Gasteiger partial charge in [-0.1, -0.05) is 11.6 Å². The maximum atomic E-state index is 5.98. The van der Waals surface area contributed by atoms with E-state index in [0.29, 0.717) is 22.2 Å². The third-order valence-corrected chi connectivity index (χ3v) is 2.84. The van der Waals surface area contributed by atoms with Crippen molar-refractivity contribution in [3.8, 4) is 11.5 Å². The Balaban J connectivity index is 2.35. The van der Waals surface area contributed by atoms with Gasteiger partial charge in [0.25, 0.3) is 0 Å². The summed E-state index contributed by atoms with van der Waals surface area (Å²) < 4.78 is 10.5. The van der Waals surface area contributed by atoms with Crippen LogP contribution in [0.3, 0.4) is 0 Å². The van der Waals surface area contributed by atoms with Crippen LogP contribution in [0.4, 0.5) is 17.1 Å². The van der Waals surface area contributed by atoms with Gasteiger partial charge in [0.15, 0.2) is 0 Å². The minimum absolute atomic E-state index is 0.614. The van der Waals surface area contributed by atoms with Gasteiger partial charge < -0.3 is 20.5 Å². The highest BCUT2D eigenvalue weighted by atomic mass is 35.5. The Morgan fingerprint density at radius 1 is 1.05 bits per heavy atom. The smallest absolute Gasteiger partial charge is 0.142 e. The van der Waals surface area contributed by atoms with E-state index >= 15 is 0 Å². The second-order valence-electron chi connectivity index (χ2n) is 3.96. The van der Waals surface area contributed by atoms with Crippen LogP contribution in [0.1, 0.15) is 0 Å². The fourth-order valence-electron chi connectivity index (χ4n) is 1.75. The van der Waals surface area contributed by atoms with Crippen molar-refractivity contribution >= 4 is 28.7 Å². The highest BCUT2D eigenvalue weighted by Gasteiger charge is 2.06. The van der Waals surface area contributed by atoms with Crippen molar-refractivity contribution in [1.29, 1.82) is 0 Å². The molecule has 3 N–H and O–H groups in total. The topological polar surface area (TPSA) is 56.5 Å². The molecule has 0 aliphatic carbocycles. The summed E-state index contributed by atoms with van der Waals surface area (Å²) in [5.74, 6) is 1.38. The molecular weight excluding hydrogens is 264 g/mol. The molecule has 2 aromatic rings. The van der Waals surface area contributed by atoms with Crippen LogP contribution in [0.15, 0.2) is 36.4 Å². The average Bonchev–Trinajstić information content (AvgIpc) is 2.38. The summed E-state index contributed by atoms with van der Waals surface area (Å²) in [7, 11) is 3.20. The second kappa shape index (κ2) is 5.71. The van der Waals surface area contributed by atoms with Crippen LogP contribution in [0.5, 0.6) is 11.5 Å². The lowest BCUT2D eigenvalue weighted by atomic mass is 10.2. The van der Waals surface area contributed by atoms with E-state index in [-0.39, 0.29) is 0 Å². The number of rotatable bonds is 4. The Kier molecular flexibility index (Phi) is 4.02. The second-order valence-corrected chi connectivity index (χ2v) is 4.40. The number of halogens is 1. The molecule has 0 amide bonds. The van der Waals surface area contributed by atoms with Crippen molar-refractivity contribution in [3.63, 3.8) is 0 Å². The molecule has 0 saturated heterocycles. The Morgan fingerprint density at radius 3 is 2.53 bits per heavy atom. The van der Waals surface area contributed by atoms with E-state index in [1.54, 1.807) is 38.5 Å². The summed E-state index contributed by atoms with van der Waals surface area (Å²) in [4.78, 5) is 0. The molecular formula is C14H15ClN2O2. The molecule has 0 fully saturated rings. The van der Waals surface area contributed by atoms with Gasteiger partial charge in [-0.25, -0.2) is 0 Å². The molecule has 4 nitrogen and oxygen atoms in total. The van der Waals surface area contributed by atoms with Crippen LogP contribution in [-0.2, 0) is 0 Å². The van der Waals surface area contributed by atoms with Gasteiger partial charge in [0.1, 0.15) is 11.5 Å². The van der Waals surface area contributed by atoms with Crippen LogP contribution in [0, 0.1) is 0 Å². The summed E-state index contributed by atoms with van der Waals surface area (Å²) in [6, 6.07) is 10.8. The number of methoxy groups -OCH3 is 2. The molecule has 0 aromatic heterocycles. The molecule has 0 saturated carbocycles. The molecule has 0 radical (unpaired) electrons. The Morgan fingerprint density at radius 2 is 1.84 bits per heavy atom. The van der Waals surface area contributed by atoms with E-state index in [1.807, 2.05) is 12.1 Å². The maximum Gasteiger partial charge on any atom is 0.142 e. The average molecular weight is 279 g/mol. The molecule has 0 atom stereocenters. The van der Waals surface area contributed by atoms with Crippen LogP contribution in [0.25, 0.3) is 0 Å². The van der Waals surface area contributed by atoms with Gasteiger partial charge in [0.2, 0.25) is 0 Å². The van der Waals surface area contributed by atoms with Crippen molar-refractivity contribution in [2.75, 3.05) is 25.3 Å². The van der Waals surface area contributed by atoms with Gasteiger partial charge >= 0.3 is 0 Å². The number of benzene rings is 2. The van der Waals surface area contributed by atoms with Crippen molar-refractivity contribution in [3.05, 3.63) is 41.4 Å². The highest BCUT2D eigenvalue weighted by molar-refractivity contribution is 6.31. The Labute approximate surface area is 117 Å². The molecule has 2 rings (SSSR count). The zero-order valence-corrected chi connectivity index (χ0v) is 11.5. The number of hydrogen-bond donors (Lipinski definition) is 2. The van der Waals surface area contributed by atoms with Crippen molar-refractivity contribution in [2.45, 2.75) is 0 Å². The molecule has 2 aromatic carbocycles. The lowest BCUT2D eigenvalue weighted by Crippen LogP contribution is -1.97. The van der Waals surface area contributed by atoms with Crippen molar-refractivity contribution in [2.24, 2.45) is 0 Å². The SMILES string of the molecule is COc1cc(N)cc(Nc2cc(Cl)ccc2OC)c1. The predicted molar refractivity (Wildman–Crippen MR) is 78.7 cm³/mol. The van der Waals surface area contributed by atoms with Gasteiger partial charge in [0, 0.05) is 28.5 Å². The summed E-state index contributed by atoms with van der Waals surface area (Å²) in [6.07, 6.45) is 0. The summed E-state index contributed by atoms with van der Waals surface area (Å²) in [5, 5.41) is 3.83. The molecule has 0 spiro atoms. The minimum atomic E-state index is 0.614. The van der Waals surface area contributed by atoms with Crippen LogP contribution in [-0.4, -0.2) is 14.2 Å². The first-order valence-electron chi connectivity index (χ1n) is 5.67. The Hall–Kier alpha value is -2.07. The van der Waals surface area contributed by atoms with E-state index in [1.165, 1.54) is 0 Å². The van der Waals surface area contributed by atoms with Crippen molar-refractivity contribution in [1.82, 2.24) is 0 Å². The quantitative estimate of drug-likeness (QED) is 0.838. The highest BCUT2D eigenvalue weighted by Crippen LogP contribution is 2.32. The standard InChI is InChI=1S/C14H15ClN2O2/c1-18-12-7-10(16)6-11(8-12)17-13-5-9(15)3-4-14(13)19-2/h3-8,17H,16H2,1-2H3. The molecule has 0 aliphatic rings. The Bertz CT molecular complexity index is 588. The molecule has 0 aliphatic heterocycles. The van der Waals surface area contributed by atoms with E-state index in [2.05, 4.69) is 5.32 Å². The zero-order chi connectivity index (χ0) is 13.8. The third-order valence-electron chi connectivity index (χ3n) is 2.61. The lowest BCUT2D eigenvalue weighted by Gasteiger charge is -2.13. The maximum absolute atomic E-state index is 5.98. The van der Waals surface area contributed by atoms with Gasteiger partial charge in [-0.05, 0) is 24.3 Å². The number of ether oxygens (including phenoxy) is 2. The van der Waals surface area contributed by atoms with Crippen LogP contribution < -0.4 is 20.5 Å². The van der Waals surface area contributed by atoms with Crippen LogP contribution in [0.2, 0.25) is 5.02 Å². The predicted octanol–water partition coefficient (Wildman–Crippen LogP) is 3.68. The van der Waals surface area contributed by atoms with E-state index < -0.39 is 0 Å². The van der Waals surface area contributed by atoms with E-state index in [0.717, 1.165) is 11.4 Å². The third kappa shape index (κ3) is 3.23. The molecule has 0 bridgehead atoms. The monoisotopic (exact) mass is 278 g/mol. The molecule has 5 heteroatoms. The number of nitrogen functional groups attached to an aromatic ring is 1. The van der Waals surface area contributed by atoms with Crippen LogP contribution >= 0.6 is 11.6 Å². The van der Waals surface area contributed by atoms with E-state index in [4.69, 9.17) is 26.8 Å². The van der Waals surface area contributed by atoms with Gasteiger partial charge in [-0.15, -0.1) is 0 Å². The van der Waals surface area contributed by atoms with Gasteiger partial charge in [-0.3, -0.25) is 0 Å². The first kappa shape index (κ1) is 13.4. The lowest BCUT2D eigenvalue weighted by molar-refractivity contribution is 0.415. The number of anilines is 3. The first-order chi connectivity index (χ1) is 9.12. The molecule has 0 heterocycles. The number of hydrogen-bond acceptors (Lipinski definition) is 4. The fraction of sp³-hybridized carbons (Fsp3) is 0.143. The zero-order valence-electron chi connectivity index (χ0n) is 10.7. The molecule has 19 heavy (non-hydrogen) atoms. The summed E-state index contributed by atoms with van der Waals surface area (Å²) in [5.41, 5.74) is 8.00. The summed E-state index contributed by atoms with van der Waals surface area (Å²) >= 11 is 5.98. The van der Waals surface area contributed by atoms with Gasteiger partial charge in [-0.2, -0.15) is 0 Å². The van der Waals surface area contributed by atoms with E-state index in [9.17, 15) is 0 Å².